The van der Waals surface area contributed by atoms with E-state index in [1.165, 1.54) is 6.42 Å². The molecule has 0 heterocycles. The van der Waals surface area contributed by atoms with E-state index in [1.54, 1.807) is 0 Å². The van der Waals surface area contributed by atoms with Crippen LogP contribution in [0.15, 0.2) is 60.7 Å². The topological polar surface area (TPSA) is 29.1 Å². The van der Waals surface area contributed by atoms with Crippen LogP contribution in [-0.2, 0) is 0 Å². The van der Waals surface area contributed by atoms with E-state index < -0.39 is 0 Å². The maximum atomic E-state index is 13.1. The van der Waals surface area contributed by atoms with Crippen molar-refractivity contribution in [3.63, 3.8) is 0 Å². The molecular weight excluding hydrogens is 389 g/mol. The zero-order valence-electron chi connectivity index (χ0n) is 15.8. The Bertz CT molecular complexity index is 873. The summed E-state index contributed by atoms with van der Waals surface area (Å²) < 4.78 is 0. The van der Waals surface area contributed by atoms with Gasteiger partial charge in [-0.2, -0.15) is 0 Å². The number of carbonyl (C=O) groups excluding carboxylic acids is 1. The van der Waals surface area contributed by atoms with Crippen molar-refractivity contribution in [2.75, 3.05) is 0 Å². The molecule has 4 aliphatic carbocycles. The molecule has 1 unspecified atom stereocenters. The van der Waals surface area contributed by atoms with Crippen molar-refractivity contribution in [1.82, 2.24) is 5.32 Å². The second-order valence-electron chi connectivity index (χ2n) is 9.09. The number of carbonyl (C=O) groups is 1. The third-order valence-corrected chi connectivity index (χ3v) is 8.09. The van der Waals surface area contributed by atoms with Crippen molar-refractivity contribution in [3.8, 4) is 0 Å². The van der Waals surface area contributed by atoms with Crippen LogP contribution in [0, 0.1) is 17.8 Å². The molecule has 4 bridgehead atoms. The zero-order valence-corrected chi connectivity index (χ0v) is 17.3. The minimum atomic E-state index is -0.337. The predicted octanol–water partition coefficient (Wildman–Crippen LogP) is 5.95. The van der Waals surface area contributed by atoms with E-state index in [4.69, 9.17) is 23.2 Å². The lowest BCUT2D eigenvalue weighted by atomic mass is 9.49. The zero-order chi connectivity index (χ0) is 19.4. The van der Waals surface area contributed by atoms with Gasteiger partial charge in [0.25, 0.3) is 5.91 Å². The molecule has 4 fully saturated rings. The molecule has 4 heteroatoms. The van der Waals surface area contributed by atoms with Gasteiger partial charge in [-0.3, -0.25) is 4.79 Å². The number of hydrogen-bond donors (Lipinski definition) is 1. The maximum Gasteiger partial charge on any atom is 0.251 e. The van der Waals surface area contributed by atoms with Crippen LogP contribution in [0.25, 0.3) is 0 Å². The Morgan fingerprint density at radius 1 is 0.964 bits per heavy atom. The SMILES string of the molecule is O=C(NC(c1ccccc1)[C@H]1[C@H]2C[C@@H]3C[C@](Cl)(C2)C[C@@]1(Cl)C3)c1ccccc1. The van der Waals surface area contributed by atoms with E-state index in [-0.39, 0.29) is 27.6 Å². The summed E-state index contributed by atoms with van der Waals surface area (Å²) in [5.74, 6) is 1.24. The Hall–Kier alpha value is -1.51. The number of alkyl halides is 2. The fourth-order valence-corrected chi connectivity index (χ4v) is 7.92. The Kier molecular flexibility index (Phi) is 4.48. The molecule has 4 saturated carbocycles. The smallest absolute Gasteiger partial charge is 0.251 e. The molecule has 4 aliphatic rings. The number of amides is 1. The van der Waals surface area contributed by atoms with Crippen LogP contribution in [0.2, 0.25) is 0 Å². The van der Waals surface area contributed by atoms with Gasteiger partial charge in [-0.1, -0.05) is 48.5 Å². The van der Waals surface area contributed by atoms with Gasteiger partial charge in [-0.15, -0.1) is 23.2 Å². The molecule has 0 aromatic heterocycles. The minimum Gasteiger partial charge on any atom is -0.345 e. The van der Waals surface area contributed by atoms with E-state index in [2.05, 4.69) is 17.4 Å². The highest BCUT2D eigenvalue weighted by molar-refractivity contribution is 6.28. The lowest BCUT2D eigenvalue weighted by molar-refractivity contribution is -0.0237. The van der Waals surface area contributed by atoms with Gasteiger partial charge in [0.05, 0.1) is 10.9 Å². The van der Waals surface area contributed by atoms with Gasteiger partial charge < -0.3 is 5.32 Å². The van der Waals surface area contributed by atoms with Crippen LogP contribution in [0.4, 0.5) is 0 Å². The first kappa shape index (κ1) is 18.5. The molecule has 28 heavy (non-hydrogen) atoms. The van der Waals surface area contributed by atoms with Crippen LogP contribution in [0.3, 0.4) is 0 Å². The van der Waals surface area contributed by atoms with E-state index in [0.29, 0.717) is 17.4 Å². The van der Waals surface area contributed by atoms with Crippen molar-refractivity contribution in [2.24, 2.45) is 17.8 Å². The fourth-order valence-electron chi connectivity index (χ4n) is 6.42. The largest absolute Gasteiger partial charge is 0.345 e. The second-order valence-corrected chi connectivity index (χ2v) is 10.6. The first-order chi connectivity index (χ1) is 13.5. The quantitative estimate of drug-likeness (QED) is 0.616. The molecule has 0 spiro atoms. The molecule has 0 aliphatic heterocycles. The first-order valence-electron chi connectivity index (χ1n) is 10.2. The standard InChI is InChI=1S/C24H25Cl2NO/c25-23-12-16-11-19(14-23)20(24(26,13-16)15-23)21(17-7-3-1-4-8-17)27-22(28)18-9-5-2-6-10-18/h1-10,16,19-21H,11-15H2,(H,27,28)/t16-,19+,20-,21?,23+,24+/m1/s1. The number of rotatable bonds is 4. The van der Waals surface area contributed by atoms with Crippen LogP contribution in [0.1, 0.15) is 54.1 Å². The molecule has 1 N–H and O–H groups in total. The molecule has 146 valence electrons. The highest BCUT2D eigenvalue weighted by atomic mass is 35.5. The van der Waals surface area contributed by atoms with Crippen molar-refractivity contribution < 1.29 is 4.79 Å². The van der Waals surface area contributed by atoms with E-state index >= 15 is 0 Å². The summed E-state index contributed by atoms with van der Waals surface area (Å²) in [6.45, 7) is 0. The van der Waals surface area contributed by atoms with Gasteiger partial charge in [0, 0.05) is 16.4 Å². The van der Waals surface area contributed by atoms with E-state index in [9.17, 15) is 4.79 Å². The van der Waals surface area contributed by atoms with E-state index in [1.807, 2.05) is 48.5 Å². The third kappa shape index (κ3) is 3.15. The number of benzene rings is 2. The summed E-state index contributed by atoms with van der Waals surface area (Å²) in [7, 11) is 0. The lowest BCUT2D eigenvalue weighted by Crippen LogP contribution is -2.62. The molecule has 6 atom stereocenters. The van der Waals surface area contributed by atoms with Crippen LogP contribution < -0.4 is 5.32 Å². The molecule has 0 radical (unpaired) electrons. The summed E-state index contributed by atoms with van der Waals surface area (Å²) in [5.41, 5.74) is 1.82. The van der Waals surface area contributed by atoms with Gasteiger partial charge in [0.15, 0.2) is 0 Å². The summed E-state index contributed by atoms with van der Waals surface area (Å²) in [4.78, 5) is 12.6. The highest BCUT2D eigenvalue weighted by Gasteiger charge is 2.63. The minimum absolute atomic E-state index is 0.0379. The van der Waals surface area contributed by atoms with Gasteiger partial charge in [-0.05, 0) is 61.6 Å². The summed E-state index contributed by atoms with van der Waals surface area (Å²) in [6, 6.07) is 19.7. The van der Waals surface area contributed by atoms with Gasteiger partial charge >= 0.3 is 0 Å². The van der Waals surface area contributed by atoms with Crippen molar-refractivity contribution in [2.45, 2.75) is 47.9 Å². The molecule has 6 rings (SSSR count). The van der Waals surface area contributed by atoms with Gasteiger partial charge in [0.1, 0.15) is 0 Å². The Labute approximate surface area is 176 Å². The number of nitrogens with one attached hydrogen (secondary N) is 1. The molecule has 0 saturated heterocycles. The molecule has 2 aromatic carbocycles. The predicted molar refractivity (Wildman–Crippen MR) is 114 cm³/mol. The lowest BCUT2D eigenvalue weighted by Gasteiger charge is -2.63. The van der Waals surface area contributed by atoms with Crippen LogP contribution >= 0.6 is 23.2 Å². The van der Waals surface area contributed by atoms with Crippen molar-refractivity contribution in [1.29, 1.82) is 0 Å². The molecule has 2 nitrogen and oxygen atoms in total. The molecule has 1 amide bonds. The van der Waals surface area contributed by atoms with Crippen LogP contribution in [0.5, 0.6) is 0 Å². The van der Waals surface area contributed by atoms with Crippen molar-refractivity contribution >= 4 is 29.1 Å². The summed E-state index contributed by atoms with van der Waals surface area (Å²) in [5, 5.41) is 3.35. The molecular formula is C24H25Cl2NO. The number of hydrogen-bond acceptors (Lipinski definition) is 1. The Balaban J connectivity index is 1.51. The van der Waals surface area contributed by atoms with E-state index in [0.717, 1.165) is 31.2 Å². The summed E-state index contributed by atoms with van der Waals surface area (Å²) in [6.07, 6.45) is 5.13. The summed E-state index contributed by atoms with van der Waals surface area (Å²) >= 11 is 14.3. The first-order valence-corrected chi connectivity index (χ1v) is 11.0. The monoisotopic (exact) mass is 413 g/mol. The average Bonchev–Trinajstić information content (AvgIpc) is 2.66. The number of halogens is 2. The second kappa shape index (κ2) is 6.78. The fraction of sp³-hybridized carbons (Fsp3) is 0.458. The Morgan fingerprint density at radius 3 is 2.29 bits per heavy atom. The average molecular weight is 414 g/mol. The highest BCUT2D eigenvalue weighted by Crippen LogP contribution is 2.66. The van der Waals surface area contributed by atoms with Crippen LogP contribution in [-0.4, -0.2) is 15.7 Å². The van der Waals surface area contributed by atoms with Gasteiger partial charge in [0.2, 0.25) is 0 Å². The van der Waals surface area contributed by atoms with Gasteiger partial charge in [-0.25, -0.2) is 0 Å². The Morgan fingerprint density at radius 2 is 1.64 bits per heavy atom. The van der Waals surface area contributed by atoms with Crippen molar-refractivity contribution in [3.05, 3.63) is 71.8 Å². The third-order valence-electron chi connectivity index (χ3n) is 7.10. The molecule has 2 aromatic rings. The maximum absolute atomic E-state index is 13.1. The normalized spacial score (nSPS) is 36.9.